The predicted octanol–water partition coefficient (Wildman–Crippen LogP) is 2.48. The molecule has 102 valence electrons. The Morgan fingerprint density at radius 2 is 1.75 bits per heavy atom. The van der Waals surface area contributed by atoms with Gasteiger partial charge in [0.2, 0.25) is 9.84 Å². The number of ether oxygens (including phenoxy) is 1. The molecule has 0 bridgehead atoms. The molecule has 20 heavy (non-hydrogen) atoms. The minimum Gasteiger partial charge on any atom is -0.489 e. The molecule has 2 aromatic rings. The van der Waals surface area contributed by atoms with E-state index in [1.807, 2.05) is 30.3 Å². The van der Waals surface area contributed by atoms with E-state index in [1.165, 1.54) is 5.41 Å². The van der Waals surface area contributed by atoms with E-state index in [2.05, 4.69) is 0 Å². The number of benzene rings is 2. The molecular weight excluding hydrogens is 274 g/mol. The molecule has 4 nitrogen and oxygen atoms in total. The van der Waals surface area contributed by atoms with Crippen LogP contribution in [-0.4, -0.2) is 15.0 Å². The maximum absolute atomic E-state index is 12.1. The number of sulfone groups is 1. The van der Waals surface area contributed by atoms with E-state index >= 15 is 0 Å². The van der Waals surface area contributed by atoms with Gasteiger partial charge in [-0.2, -0.15) is 0 Å². The zero-order valence-corrected chi connectivity index (χ0v) is 11.4. The molecule has 0 fully saturated rings. The van der Waals surface area contributed by atoms with E-state index < -0.39 is 9.84 Å². The van der Waals surface area contributed by atoms with Crippen molar-refractivity contribution in [2.45, 2.75) is 4.90 Å². The van der Waals surface area contributed by atoms with Gasteiger partial charge in [-0.15, -0.1) is 0 Å². The van der Waals surface area contributed by atoms with Gasteiger partial charge in [0.1, 0.15) is 17.3 Å². The molecule has 0 unspecified atom stereocenters. The summed E-state index contributed by atoms with van der Waals surface area (Å²) < 4.78 is 29.8. The Labute approximate surface area is 117 Å². The van der Waals surface area contributed by atoms with Crippen LogP contribution in [0.25, 0.3) is 5.57 Å². The third-order valence-corrected chi connectivity index (χ3v) is 4.73. The van der Waals surface area contributed by atoms with Crippen LogP contribution in [0.1, 0.15) is 5.56 Å². The van der Waals surface area contributed by atoms with Crippen LogP contribution >= 0.6 is 0 Å². The van der Waals surface area contributed by atoms with Gasteiger partial charge >= 0.3 is 0 Å². The van der Waals surface area contributed by atoms with Crippen LogP contribution in [0.4, 0.5) is 5.69 Å². The second-order valence-electron chi connectivity index (χ2n) is 4.51. The fourth-order valence-electron chi connectivity index (χ4n) is 2.22. The third kappa shape index (κ3) is 2.16. The second-order valence-corrected chi connectivity index (χ2v) is 6.25. The van der Waals surface area contributed by atoms with Crippen molar-refractivity contribution in [1.29, 1.82) is 0 Å². The number of nitrogen functional groups attached to an aromatic ring is 1. The Balaban J connectivity index is 1.92. The largest absolute Gasteiger partial charge is 0.489 e. The molecule has 2 N–H and O–H groups in total. The monoisotopic (exact) mass is 287 g/mol. The van der Waals surface area contributed by atoms with Gasteiger partial charge in [-0.25, -0.2) is 8.42 Å². The number of hydrogen-bond acceptors (Lipinski definition) is 4. The summed E-state index contributed by atoms with van der Waals surface area (Å²) in [4.78, 5) is 0.187. The van der Waals surface area contributed by atoms with E-state index in [4.69, 9.17) is 10.5 Å². The number of fused-ring (bicyclic) bond motifs is 1. The van der Waals surface area contributed by atoms with Crippen LogP contribution < -0.4 is 10.5 Å². The molecule has 0 amide bonds. The van der Waals surface area contributed by atoms with Gasteiger partial charge in [0.25, 0.3) is 0 Å². The molecule has 1 aliphatic rings. The van der Waals surface area contributed by atoms with Crippen LogP contribution in [0.3, 0.4) is 0 Å². The van der Waals surface area contributed by atoms with E-state index in [-0.39, 0.29) is 17.2 Å². The van der Waals surface area contributed by atoms with Crippen molar-refractivity contribution in [2.24, 2.45) is 0 Å². The topological polar surface area (TPSA) is 69.4 Å². The number of hydrogen-bond donors (Lipinski definition) is 1. The first-order valence-corrected chi connectivity index (χ1v) is 7.65. The van der Waals surface area contributed by atoms with Crippen LogP contribution in [0, 0.1) is 0 Å². The lowest BCUT2D eigenvalue weighted by Gasteiger charge is -2.08. The molecule has 1 heterocycles. The fraction of sp³-hybridized carbons (Fsp3) is 0.0667. The summed E-state index contributed by atoms with van der Waals surface area (Å²) in [6.45, 7) is 0.194. The van der Waals surface area contributed by atoms with Crippen LogP contribution in [0.2, 0.25) is 0 Å². The quantitative estimate of drug-likeness (QED) is 0.880. The average Bonchev–Trinajstić information content (AvgIpc) is 2.70. The number of rotatable bonds is 3. The first kappa shape index (κ1) is 12.7. The lowest BCUT2D eigenvalue weighted by atomic mass is 10.1. The standard InChI is InChI=1S/C15H13NO3S/c16-14-8-4-7-13-11(10-20(17,18)15(13)14)9-19-12-5-2-1-3-6-12/h1-8,10H,9,16H2. The Morgan fingerprint density at radius 3 is 2.50 bits per heavy atom. The Morgan fingerprint density at radius 1 is 1.00 bits per heavy atom. The number of nitrogens with two attached hydrogens (primary N) is 1. The molecule has 0 aliphatic carbocycles. The highest BCUT2D eigenvalue weighted by atomic mass is 32.2. The fourth-order valence-corrected chi connectivity index (χ4v) is 3.81. The minimum absolute atomic E-state index is 0.187. The predicted molar refractivity (Wildman–Crippen MR) is 78.0 cm³/mol. The first-order valence-electron chi connectivity index (χ1n) is 6.10. The van der Waals surface area contributed by atoms with Gasteiger partial charge in [-0.1, -0.05) is 30.3 Å². The lowest BCUT2D eigenvalue weighted by molar-refractivity contribution is 0.370. The maximum Gasteiger partial charge on any atom is 0.202 e. The Hall–Kier alpha value is -2.27. The van der Waals surface area contributed by atoms with Gasteiger partial charge < -0.3 is 10.5 Å². The molecule has 3 rings (SSSR count). The van der Waals surface area contributed by atoms with Crippen molar-refractivity contribution >= 4 is 21.1 Å². The van der Waals surface area contributed by atoms with Gasteiger partial charge in [0.05, 0.1) is 5.69 Å². The van der Waals surface area contributed by atoms with Crippen molar-refractivity contribution in [3.05, 3.63) is 59.5 Å². The molecule has 0 saturated carbocycles. The zero-order chi connectivity index (χ0) is 14.2. The highest BCUT2D eigenvalue weighted by Crippen LogP contribution is 2.37. The molecule has 5 heteroatoms. The van der Waals surface area contributed by atoms with E-state index in [0.717, 1.165) is 0 Å². The zero-order valence-electron chi connectivity index (χ0n) is 10.6. The van der Waals surface area contributed by atoms with Gasteiger partial charge in [0.15, 0.2) is 0 Å². The Kier molecular flexibility index (Phi) is 2.99. The highest BCUT2D eigenvalue weighted by molar-refractivity contribution is 7.95. The summed E-state index contributed by atoms with van der Waals surface area (Å²) in [5, 5.41) is 1.23. The molecule has 0 aromatic heterocycles. The van der Waals surface area contributed by atoms with Crippen molar-refractivity contribution in [1.82, 2.24) is 0 Å². The third-order valence-electron chi connectivity index (χ3n) is 3.11. The SMILES string of the molecule is Nc1cccc2c1S(=O)(=O)C=C2COc1ccccc1. The van der Waals surface area contributed by atoms with Gasteiger partial charge in [-0.05, 0) is 18.2 Å². The molecule has 0 atom stereocenters. The average molecular weight is 287 g/mol. The maximum atomic E-state index is 12.1. The van der Waals surface area contributed by atoms with Crippen LogP contribution in [0.5, 0.6) is 5.75 Å². The summed E-state index contributed by atoms with van der Waals surface area (Å²) in [6, 6.07) is 14.3. The summed E-state index contributed by atoms with van der Waals surface area (Å²) in [5.41, 5.74) is 7.28. The minimum atomic E-state index is -3.46. The van der Waals surface area contributed by atoms with Gasteiger partial charge in [-0.3, -0.25) is 0 Å². The van der Waals surface area contributed by atoms with E-state index in [0.29, 0.717) is 16.9 Å². The van der Waals surface area contributed by atoms with E-state index in [1.54, 1.807) is 18.2 Å². The van der Waals surface area contributed by atoms with E-state index in [9.17, 15) is 8.42 Å². The van der Waals surface area contributed by atoms with Gasteiger partial charge in [0, 0.05) is 16.5 Å². The molecule has 1 aliphatic heterocycles. The molecule has 2 aromatic carbocycles. The van der Waals surface area contributed by atoms with Crippen LogP contribution in [0.15, 0.2) is 58.8 Å². The Bertz CT molecular complexity index is 780. The van der Waals surface area contributed by atoms with Crippen molar-refractivity contribution in [3.8, 4) is 5.75 Å². The summed E-state index contributed by atoms with van der Waals surface area (Å²) in [7, 11) is -3.46. The molecule has 0 saturated heterocycles. The summed E-state index contributed by atoms with van der Waals surface area (Å²) in [5.74, 6) is 0.697. The summed E-state index contributed by atoms with van der Waals surface area (Å²) in [6.07, 6.45) is 0. The summed E-state index contributed by atoms with van der Waals surface area (Å²) >= 11 is 0. The molecule has 0 radical (unpaired) electrons. The lowest BCUT2D eigenvalue weighted by Crippen LogP contribution is -2.01. The smallest absolute Gasteiger partial charge is 0.202 e. The van der Waals surface area contributed by atoms with Crippen molar-refractivity contribution in [3.63, 3.8) is 0 Å². The van der Waals surface area contributed by atoms with Crippen molar-refractivity contribution in [2.75, 3.05) is 12.3 Å². The molecular formula is C15H13NO3S. The number of para-hydroxylation sites is 1. The normalized spacial score (nSPS) is 15.5. The van der Waals surface area contributed by atoms with Crippen LogP contribution in [-0.2, 0) is 9.84 Å². The second kappa shape index (κ2) is 4.68. The molecule has 0 spiro atoms. The number of anilines is 1. The highest BCUT2D eigenvalue weighted by Gasteiger charge is 2.29. The van der Waals surface area contributed by atoms with Crippen molar-refractivity contribution < 1.29 is 13.2 Å². The first-order chi connectivity index (χ1) is 9.58.